The Labute approximate surface area is 100 Å². The lowest BCUT2D eigenvalue weighted by Crippen LogP contribution is -2.49. The van der Waals surface area contributed by atoms with E-state index in [4.69, 9.17) is 11.6 Å². The molecule has 2 heterocycles. The van der Waals surface area contributed by atoms with Gasteiger partial charge < -0.3 is 4.90 Å². The van der Waals surface area contributed by atoms with Gasteiger partial charge in [-0.05, 0) is 25.4 Å². The van der Waals surface area contributed by atoms with Gasteiger partial charge in [0.1, 0.15) is 0 Å². The second-order valence-electron chi connectivity index (χ2n) is 4.13. The highest BCUT2D eigenvalue weighted by Crippen LogP contribution is 2.28. The lowest BCUT2D eigenvalue weighted by molar-refractivity contribution is 0.0991. The molecule has 1 aliphatic rings. The van der Waals surface area contributed by atoms with Gasteiger partial charge in [0.25, 0.3) is 0 Å². The van der Waals surface area contributed by atoms with Gasteiger partial charge in [0.15, 0.2) is 0 Å². The van der Waals surface area contributed by atoms with E-state index in [0.29, 0.717) is 6.04 Å². The van der Waals surface area contributed by atoms with Crippen LogP contribution in [-0.4, -0.2) is 42.0 Å². The fourth-order valence-electron chi connectivity index (χ4n) is 2.01. The predicted molar refractivity (Wildman–Crippen MR) is 66.6 cm³/mol. The maximum Gasteiger partial charge on any atom is 0.0984 e. The van der Waals surface area contributed by atoms with Crippen molar-refractivity contribution in [3.05, 3.63) is 22.4 Å². The first-order valence-corrected chi connectivity index (χ1v) is 6.62. The van der Waals surface area contributed by atoms with Crippen LogP contribution in [0.15, 0.2) is 17.5 Å². The van der Waals surface area contributed by atoms with E-state index in [1.165, 1.54) is 4.88 Å². The van der Waals surface area contributed by atoms with Gasteiger partial charge in [-0.1, -0.05) is 6.07 Å². The minimum Gasteiger partial charge on any atom is -0.302 e. The van der Waals surface area contributed by atoms with Crippen molar-refractivity contribution in [3.63, 3.8) is 0 Å². The van der Waals surface area contributed by atoms with Crippen LogP contribution in [0.2, 0.25) is 0 Å². The van der Waals surface area contributed by atoms with E-state index in [2.05, 4.69) is 41.3 Å². The summed E-state index contributed by atoms with van der Waals surface area (Å²) in [5.41, 5.74) is 0.140. The van der Waals surface area contributed by atoms with Gasteiger partial charge in [-0.15, -0.1) is 22.9 Å². The van der Waals surface area contributed by atoms with Crippen molar-refractivity contribution in [2.24, 2.45) is 0 Å². The molecular weight excluding hydrogens is 228 g/mol. The van der Waals surface area contributed by atoms with E-state index in [1.807, 2.05) is 11.3 Å². The van der Waals surface area contributed by atoms with Crippen molar-refractivity contribution in [2.45, 2.75) is 18.5 Å². The van der Waals surface area contributed by atoms with Crippen LogP contribution in [0.1, 0.15) is 17.8 Å². The second kappa shape index (κ2) is 4.83. The monoisotopic (exact) mass is 244 g/mol. The number of hydrogen-bond acceptors (Lipinski definition) is 3. The predicted octanol–water partition coefficient (Wildman–Crippen LogP) is 2.62. The Morgan fingerprint density at radius 2 is 2.33 bits per heavy atom. The number of rotatable bonds is 2. The third kappa shape index (κ3) is 2.53. The summed E-state index contributed by atoms with van der Waals surface area (Å²) >= 11 is 8.19. The maximum atomic E-state index is 6.38. The number of likely N-dealkylation sites (N-methyl/N-ethyl adjacent to an activating group) is 1. The lowest BCUT2D eigenvalue weighted by atomic mass is 10.2. The van der Waals surface area contributed by atoms with Crippen molar-refractivity contribution in [1.29, 1.82) is 0 Å². The standard InChI is InChI=1S/C11H17ClN2S/c1-9(10-4-3-7-15-10)14-6-5-13(2)8-11(14)12/h3-4,7,9,11H,5-6,8H2,1-2H3. The number of alkyl halides is 1. The summed E-state index contributed by atoms with van der Waals surface area (Å²) in [5, 5.41) is 2.13. The third-order valence-corrected chi connectivity index (χ3v) is 4.45. The van der Waals surface area contributed by atoms with Crippen molar-refractivity contribution in [1.82, 2.24) is 9.80 Å². The largest absolute Gasteiger partial charge is 0.302 e. The summed E-state index contributed by atoms with van der Waals surface area (Å²) in [6.07, 6.45) is 0. The highest BCUT2D eigenvalue weighted by molar-refractivity contribution is 7.10. The van der Waals surface area contributed by atoms with E-state index < -0.39 is 0 Å². The van der Waals surface area contributed by atoms with Gasteiger partial charge >= 0.3 is 0 Å². The molecule has 0 amide bonds. The van der Waals surface area contributed by atoms with Crippen molar-refractivity contribution in [2.75, 3.05) is 26.7 Å². The van der Waals surface area contributed by atoms with Crippen LogP contribution in [-0.2, 0) is 0 Å². The molecule has 2 rings (SSSR count). The van der Waals surface area contributed by atoms with E-state index in [9.17, 15) is 0 Å². The summed E-state index contributed by atoms with van der Waals surface area (Å²) < 4.78 is 0. The molecule has 15 heavy (non-hydrogen) atoms. The summed E-state index contributed by atoms with van der Waals surface area (Å²) in [7, 11) is 2.13. The first-order chi connectivity index (χ1) is 7.18. The normalized spacial score (nSPS) is 26.7. The van der Waals surface area contributed by atoms with Crippen LogP contribution in [0.3, 0.4) is 0 Å². The van der Waals surface area contributed by atoms with Gasteiger partial charge in [-0.2, -0.15) is 0 Å². The molecule has 1 aliphatic heterocycles. The topological polar surface area (TPSA) is 6.48 Å². The van der Waals surface area contributed by atoms with Crippen molar-refractivity contribution in [3.8, 4) is 0 Å². The van der Waals surface area contributed by atoms with Gasteiger partial charge in [0.2, 0.25) is 0 Å². The molecule has 2 nitrogen and oxygen atoms in total. The van der Waals surface area contributed by atoms with Crippen LogP contribution in [0.25, 0.3) is 0 Å². The number of thiophene rings is 1. The maximum absolute atomic E-state index is 6.38. The molecule has 4 heteroatoms. The SMILES string of the molecule is CC(c1cccs1)N1CCN(C)CC1Cl. The Bertz CT molecular complexity index is 302. The number of hydrogen-bond donors (Lipinski definition) is 0. The summed E-state index contributed by atoms with van der Waals surface area (Å²) in [6.45, 7) is 5.37. The summed E-state index contributed by atoms with van der Waals surface area (Å²) in [6, 6.07) is 4.74. The van der Waals surface area contributed by atoms with Crippen LogP contribution >= 0.6 is 22.9 Å². The Balaban J connectivity index is 2.04. The molecule has 0 spiro atoms. The van der Waals surface area contributed by atoms with Crippen LogP contribution in [0, 0.1) is 0 Å². The van der Waals surface area contributed by atoms with E-state index in [1.54, 1.807) is 0 Å². The van der Waals surface area contributed by atoms with Crippen LogP contribution in [0.5, 0.6) is 0 Å². The van der Waals surface area contributed by atoms with Gasteiger partial charge in [0.05, 0.1) is 5.50 Å². The first-order valence-electron chi connectivity index (χ1n) is 5.30. The molecule has 1 aromatic rings. The van der Waals surface area contributed by atoms with Crippen LogP contribution in [0.4, 0.5) is 0 Å². The average Bonchev–Trinajstić information content (AvgIpc) is 2.69. The molecule has 0 saturated carbocycles. The lowest BCUT2D eigenvalue weighted by Gasteiger charge is -2.39. The molecular formula is C11H17ClN2S. The molecule has 1 fully saturated rings. The number of halogens is 1. The number of nitrogens with zero attached hydrogens (tertiary/aromatic N) is 2. The average molecular weight is 245 g/mol. The highest BCUT2D eigenvalue weighted by atomic mass is 35.5. The van der Waals surface area contributed by atoms with Crippen molar-refractivity contribution < 1.29 is 0 Å². The number of piperazine rings is 1. The fourth-order valence-corrected chi connectivity index (χ4v) is 3.31. The fraction of sp³-hybridized carbons (Fsp3) is 0.636. The summed E-state index contributed by atoms with van der Waals surface area (Å²) in [4.78, 5) is 6.08. The molecule has 0 N–H and O–H groups in total. The van der Waals surface area contributed by atoms with Gasteiger partial charge in [-0.3, -0.25) is 4.90 Å². The Hall–Kier alpha value is -0.0900. The molecule has 1 aromatic heterocycles. The van der Waals surface area contributed by atoms with Gasteiger partial charge in [0, 0.05) is 30.6 Å². The summed E-state index contributed by atoms with van der Waals surface area (Å²) in [5.74, 6) is 0. The third-order valence-electron chi connectivity index (χ3n) is 3.01. The molecule has 2 atom stereocenters. The quantitative estimate of drug-likeness (QED) is 0.583. The molecule has 2 unspecified atom stereocenters. The molecule has 1 saturated heterocycles. The Morgan fingerprint density at radius 3 is 2.93 bits per heavy atom. The van der Waals surface area contributed by atoms with E-state index in [0.717, 1.165) is 19.6 Å². The molecule has 0 radical (unpaired) electrons. The highest BCUT2D eigenvalue weighted by Gasteiger charge is 2.28. The molecule has 0 aromatic carbocycles. The van der Waals surface area contributed by atoms with E-state index >= 15 is 0 Å². The minimum absolute atomic E-state index is 0.140. The van der Waals surface area contributed by atoms with Gasteiger partial charge in [-0.25, -0.2) is 0 Å². The second-order valence-corrected chi connectivity index (χ2v) is 5.61. The zero-order chi connectivity index (χ0) is 10.8. The van der Waals surface area contributed by atoms with Crippen molar-refractivity contribution >= 4 is 22.9 Å². The first kappa shape index (κ1) is 11.4. The zero-order valence-electron chi connectivity index (χ0n) is 9.19. The molecule has 84 valence electrons. The minimum atomic E-state index is 0.140. The smallest absolute Gasteiger partial charge is 0.0984 e. The zero-order valence-corrected chi connectivity index (χ0v) is 10.8. The van der Waals surface area contributed by atoms with E-state index in [-0.39, 0.29) is 5.50 Å². The Morgan fingerprint density at radius 1 is 1.53 bits per heavy atom. The molecule has 0 bridgehead atoms. The van der Waals surface area contributed by atoms with Crippen LogP contribution < -0.4 is 0 Å². The molecule has 0 aliphatic carbocycles. The Kier molecular flexibility index (Phi) is 3.67.